The number of primary amides is 1. The van der Waals surface area contributed by atoms with Crippen molar-refractivity contribution in [2.45, 2.75) is 18.9 Å². The molecule has 0 radical (unpaired) electrons. The first-order chi connectivity index (χ1) is 16.8. The van der Waals surface area contributed by atoms with Crippen LogP contribution in [0.1, 0.15) is 24.4 Å². The number of carbonyl (C=O) groups is 2. The van der Waals surface area contributed by atoms with Crippen LogP contribution in [0.15, 0.2) is 78.9 Å². The fourth-order valence-electron chi connectivity index (χ4n) is 3.88. The number of nitrogens with zero attached hydrogens (tertiary/aromatic N) is 1. The zero-order valence-corrected chi connectivity index (χ0v) is 19.7. The molecule has 10 heteroatoms. The summed E-state index contributed by atoms with van der Waals surface area (Å²) in [5.74, 6) is 1.00. The van der Waals surface area contributed by atoms with Crippen LogP contribution in [0.3, 0.4) is 0 Å². The Balaban J connectivity index is 1.44. The summed E-state index contributed by atoms with van der Waals surface area (Å²) in [4.78, 5) is 24.4. The molecule has 0 aliphatic carbocycles. The number of amides is 3. The standard InChI is InChI=1S/C25H26N4O5S/c26-25(31)28-23(18-6-4-9-22(16-18)34-21-7-2-1-3-8-21)17-24(30)27-19-10-12-20(13-11-19)29-14-5-15-35(29,32)33/h1-4,6-13,16,23H,5,14-15,17H2,(H,27,30)(H3,26,28,31). The topological polar surface area (TPSA) is 131 Å². The maximum absolute atomic E-state index is 12.8. The van der Waals surface area contributed by atoms with E-state index in [4.69, 9.17) is 10.5 Å². The summed E-state index contributed by atoms with van der Waals surface area (Å²) >= 11 is 0. The largest absolute Gasteiger partial charge is 0.457 e. The molecular formula is C25H26N4O5S. The number of anilines is 2. The van der Waals surface area contributed by atoms with Crippen LogP contribution in [0.25, 0.3) is 0 Å². The van der Waals surface area contributed by atoms with E-state index in [9.17, 15) is 18.0 Å². The molecule has 4 rings (SSSR count). The smallest absolute Gasteiger partial charge is 0.312 e. The van der Waals surface area contributed by atoms with Crippen LogP contribution >= 0.6 is 0 Å². The Morgan fingerprint density at radius 3 is 2.34 bits per heavy atom. The van der Waals surface area contributed by atoms with Crippen molar-refractivity contribution in [2.75, 3.05) is 21.9 Å². The molecule has 0 aromatic heterocycles. The number of carbonyl (C=O) groups excluding carboxylic acids is 2. The number of sulfonamides is 1. The molecule has 3 aromatic carbocycles. The molecule has 4 N–H and O–H groups in total. The summed E-state index contributed by atoms with van der Waals surface area (Å²) < 4.78 is 31.4. The van der Waals surface area contributed by atoms with Gasteiger partial charge >= 0.3 is 6.03 Å². The lowest BCUT2D eigenvalue weighted by atomic mass is 10.0. The van der Waals surface area contributed by atoms with Crippen LogP contribution in [0.4, 0.5) is 16.2 Å². The van der Waals surface area contributed by atoms with Crippen molar-refractivity contribution in [3.05, 3.63) is 84.4 Å². The second kappa shape index (κ2) is 10.5. The van der Waals surface area contributed by atoms with Gasteiger partial charge in [-0.05, 0) is 60.5 Å². The lowest BCUT2D eigenvalue weighted by molar-refractivity contribution is -0.116. The normalized spacial score (nSPS) is 15.3. The predicted molar refractivity (Wildman–Crippen MR) is 134 cm³/mol. The van der Waals surface area contributed by atoms with E-state index in [1.54, 1.807) is 48.5 Å². The summed E-state index contributed by atoms with van der Waals surface area (Å²) in [7, 11) is -3.27. The quantitative estimate of drug-likeness (QED) is 0.439. The van der Waals surface area contributed by atoms with Crippen LogP contribution in [-0.2, 0) is 14.8 Å². The first-order valence-corrected chi connectivity index (χ1v) is 12.7. The van der Waals surface area contributed by atoms with Crippen LogP contribution in [0.2, 0.25) is 0 Å². The molecular weight excluding hydrogens is 468 g/mol. The van der Waals surface area contributed by atoms with E-state index in [2.05, 4.69) is 10.6 Å². The zero-order chi connectivity index (χ0) is 24.8. The van der Waals surface area contributed by atoms with Crippen LogP contribution < -0.4 is 25.4 Å². The van der Waals surface area contributed by atoms with Gasteiger partial charge in [-0.2, -0.15) is 0 Å². The molecule has 3 amide bonds. The van der Waals surface area contributed by atoms with Crippen LogP contribution in [0.5, 0.6) is 11.5 Å². The van der Waals surface area contributed by atoms with Gasteiger partial charge in [-0.1, -0.05) is 30.3 Å². The van der Waals surface area contributed by atoms with Crippen molar-refractivity contribution < 1.29 is 22.7 Å². The number of nitrogens with one attached hydrogen (secondary N) is 2. The summed E-state index contributed by atoms with van der Waals surface area (Å²) in [6, 6.07) is 21.5. The third kappa shape index (κ3) is 6.30. The first kappa shape index (κ1) is 24.1. The number of hydrogen-bond acceptors (Lipinski definition) is 5. The number of ether oxygens (including phenoxy) is 1. The number of para-hydroxylation sites is 1. The van der Waals surface area contributed by atoms with E-state index in [0.717, 1.165) is 0 Å². The Kier molecular flexibility index (Phi) is 7.21. The summed E-state index contributed by atoms with van der Waals surface area (Å²) in [6.45, 7) is 0.446. The summed E-state index contributed by atoms with van der Waals surface area (Å²) in [5.41, 5.74) is 7.07. The minimum Gasteiger partial charge on any atom is -0.457 e. The van der Waals surface area contributed by atoms with Gasteiger partial charge in [0.25, 0.3) is 0 Å². The van der Waals surface area contributed by atoms with Gasteiger partial charge in [0.15, 0.2) is 0 Å². The number of benzene rings is 3. The SMILES string of the molecule is NC(=O)NC(CC(=O)Nc1ccc(N2CCCS2(=O)=O)cc1)c1cccc(Oc2ccccc2)c1. The van der Waals surface area contributed by atoms with Gasteiger partial charge in [-0.15, -0.1) is 0 Å². The van der Waals surface area contributed by atoms with E-state index >= 15 is 0 Å². The second-order valence-electron chi connectivity index (χ2n) is 8.09. The molecule has 0 bridgehead atoms. The molecule has 1 aliphatic rings. The molecule has 1 fully saturated rings. The van der Waals surface area contributed by atoms with Gasteiger partial charge in [0.05, 0.1) is 23.9 Å². The lowest BCUT2D eigenvalue weighted by Gasteiger charge is -2.19. The van der Waals surface area contributed by atoms with Gasteiger partial charge in [-0.25, -0.2) is 13.2 Å². The number of rotatable bonds is 8. The average molecular weight is 495 g/mol. The molecule has 3 aromatic rings. The van der Waals surface area contributed by atoms with Crippen molar-refractivity contribution >= 4 is 33.3 Å². The van der Waals surface area contributed by atoms with Gasteiger partial charge in [-0.3, -0.25) is 9.10 Å². The number of urea groups is 1. The zero-order valence-electron chi connectivity index (χ0n) is 18.9. The van der Waals surface area contributed by atoms with Gasteiger partial charge in [0.1, 0.15) is 11.5 Å². The molecule has 1 saturated heterocycles. The lowest BCUT2D eigenvalue weighted by Crippen LogP contribution is -2.35. The third-order valence-electron chi connectivity index (χ3n) is 5.48. The van der Waals surface area contributed by atoms with Crippen molar-refractivity contribution in [1.82, 2.24) is 5.32 Å². The Morgan fingerprint density at radius 2 is 1.69 bits per heavy atom. The van der Waals surface area contributed by atoms with Crippen LogP contribution in [0, 0.1) is 0 Å². The fourth-order valence-corrected chi connectivity index (χ4v) is 5.45. The van der Waals surface area contributed by atoms with Gasteiger partial charge in [0, 0.05) is 12.2 Å². The molecule has 1 aliphatic heterocycles. The second-order valence-corrected chi connectivity index (χ2v) is 10.1. The Bertz CT molecular complexity index is 1300. The highest BCUT2D eigenvalue weighted by Gasteiger charge is 2.28. The maximum atomic E-state index is 12.8. The Labute approximate surface area is 203 Å². The fraction of sp³-hybridized carbons (Fsp3) is 0.200. The van der Waals surface area contributed by atoms with E-state index in [-0.39, 0.29) is 18.1 Å². The minimum atomic E-state index is -3.27. The predicted octanol–water partition coefficient (Wildman–Crippen LogP) is 3.76. The van der Waals surface area contributed by atoms with E-state index < -0.39 is 22.1 Å². The average Bonchev–Trinajstić information content (AvgIpc) is 3.18. The number of hydrogen-bond donors (Lipinski definition) is 3. The highest BCUT2D eigenvalue weighted by Crippen LogP contribution is 2.27. The molecule has 0 spiro atoms. The van der Waals surface area contributed by atoms with Gasteiger partial charge in [0.2, 0.25) is 15.9 Å². The monoisotopic (exact) mass is 494 g/mol. The van der Waals surface area contributed by atoms with E-state index in [0.29, 0.717) is 41.4 Å². The highest BCUT2D eigenvalue weighted by molar-refractivity contribution is 7.93. The maximum Gasteiger partial charge on any atom is 0.312 e. The Hall–Kier alpha value is -4.05. The van der Waals surface area contributed by atoms with E-state index in [1.165, 1.54) is 4.31 Å². The first-order valence-electron chi connectivity index (χ1n) is 11.1. The minimum absolute atomic E-state index is 0.0695. The third-order valence-corrected chi connectivity index (χ3v) is 7.35. The number of nitrogens with two attached hydrogens (primary N) is 1. The molecule has 0 saturated carbocycles. The van der Waals surface area contributed by atoms with Gasteiger partial charge < -0.3 is 21.1 Å². The molecule has 9 nitrogen and oxygen atoms in total. The Morgan fingerprint density at radius 1 is 0.971 bits per heavy atom. The molecule has 1 atom stereocenters. The van der Waals surface area contributed by atoms with Crippen molar-refractivity contribution in [3.63, 3.8) is 0 Å². The summed E-state index contributed by atoms with van der Waals surface area (Å²) in [6.07, 6.45) is 0.520. The van der Waals surface area contributed by atoms with Crippen molar-refractivity contribution in [3.8, 4) is 11.5 Å². The van der Waals surface area contributed by atoms with Crippen LogP contribution in [-0.4, -0.2) is 32.7 Å². The molecule has 1 heterocycles. The van der Waals surface area contributed by atoms with Crippen molar-refractivity contribution in [1.29, 1.82) is 0 Å². The van der Waals surface area contributed by atoms with Crippen molar-refractivity contribution in [2.24, 2.45) is 5.73 Å². The molecule has 1 unspecified atom stereocenters. The molecule has 182 valence electrons. The highest BCUT2D eigenvalue weighted by atomic mass is 32.2. The summed E-state index contributed by atoms with van der Waals surface area (Å²) in [5, 5.41) is 5.39. The molecule has 35 heavy (non-hydrogen) atoms. The van der Waals surface area contributed by atoms with E-state index in [1.807, 2.05) is 30.3 Å².